The van der Waals surface area contributed by atoms with Gasteiger partial charge in [0.1, 0.15) is 6.04 Å². The number of amides is 2. The van der Waals surface area contributed by atoms with Crippen LogP contribution in [0.25, 0.3) is 0 Å². The zero-order valence-corrected chi connectivity index (χ0v) is 17.4. The lowest BCUT2D eigenvalue weighted by molar-refractivity contribution is -0.137. The summed E-state index contributed by atoms with van der Waals surface area (Å²) in [5, 5.41) is 24.1. The fourth-order valence-corrected chi connectivity index (χ4v) is 5.03. The van der Waals surface area contributed by atoms with Crippen molar-refractivity contribution in [2.45, 2.75) is 88.5 Å². The first kappa shape index (κ1) is 22.7. The fourth-order valence-electron chi connectivity index (χ4n) is 5.03. The van der Waals surface area contributed by atoms with E-state index in [1.54, 1.807) is 0 Å². The van der Waals surface area contributed by atoms with E-state index in [0.717, 1.165) is 38.5 Å². The Balaban J connectivity index is 1.54. The Kier molecular flexibility index (Phi) is 8.27. The molecule has 3 fully saturated rings. The maximum absolute atomic E-state index is 13.0. The lowest BCUT2D eigenvalue weighted by atomic mass is 9.77. The maximum Gasteiger partial charge on any atom is 0.303 e. The molecule has 3 rings (SSSR count). The Bertz CT molecular complexity index is 646. The van der Waals surface area contributed by atoms with E-state index in [1.165, 1.54) is 6.42 Å². The average Bonchev–Trinajstić information content (AvgIpc) is 3.33. The Labute approximate surface area is 177 Å². The maximum atomic E-state index is 13.0. The summed E-state index contributed by atoms with van der Waals surface area (Å²) in [6.07, 6.45) is 11.8. The van der Waals surface area contributed by atoms with Gasteiger partial charge in [0.2, 0.25) is 11.8 Å². The van der Waals surface area contributed by atoms with Crippen LogP contribution in [0.3, 0.4) is 0 Å². The zero-order valence-electron chi connectivity index (χ0n) is 17.4. The van der Waals surface area contributed by atoms with Crippen LogP contribution in [0, 0.1) is 11.8 Å². The van der Waals surface area contributed by atoms with Crippen LogP contribution >= 0.6 is 0 Å². The van der Waals surface area contributed by atoms with Crippen molar-refractivity contribution in [3.8, 4) is 0 Å². The summed E-state index contributed by atoms with van der Waals surface area (Å²) >= 11 is 0. The van der Waals surface area contributed by atoms with Gasteiger partial charge in [-0.1, -0.05) is 31.4 Å². The van der Waals surface area contributed by atoms with Gasteiger partial charge in [-0.25, -0.2) is 0 Å². The third-order valence-corrected chi connectivity index (χ3v) is 6.59. The summed E-state index contributed by atoms with van der Waals surface area (Å²) in [4.78, 5) is 36.2. The number of hydrogen-bond acceptors (Lipinski definition) is 5. The number of nitrogens with one attached hydrogen (secondary N) is 2. The van der Waals surface area contributed by atoms with E-state index in [2.05, 4.69) is 10.6 Å². The average molecular weight is 423 g/mol. The molecule has 0 aromatic carbocycles. The number of carboxylic acids is 1. The lowest BCUT2D eigenvalue weighted by Gasteiger charge is -2.29. The second-order valence-corrected chi connectivity index (χ2v) is 8.71. The fraction of sp³-hybridized carbons (Fsp3) is 0.773. The molecule has 5 atom stereocenters. The molecule has 1 saturated carbocycles. The summed E-state index contributed by atoms with van der Waals surface area (Å²) < 4.78 is 5.96. The first-order valence-electron chi connectivity index (χ1n) is 11.2. The summed E-state index contributed by atoms with van der Waals surface area (Å²) in [6, 6.07) is -0.836. The van der Waals surface area contributed by atoms with Crippen molar-refractivity contribution in [3.05, 3.63) is 12.2 Å². The lowest BCUT2D eigenvalue weighted by Crippen LogP contribution is -2.54. The van der Waals surface area contributed by atoms with E-state index in [0.29, 0.717) is 12.8 Å². The summed E-state index contributed by atoms with van der Waals surface area (Å²) in [7, 11) is 0. The highest BCUT2D eigenvalue weighted by Crippen LogP contribution is 2.45. The molecular formula is C22H34N2O6. The van der Waals surface area contributed by atoms with E-state index in [9.17, 15) is 19.5 Å². The van der Waals surface area contributed by atoms with Crippen LogP contribution in [0.5, 0.6) is 0 Å². The Morgan fingerprint density at radius 3 is 2.47 bits per heavy atom. The second-order valence-electron chi connectivity index (χ2n) is 8.71. The minimum atomic E-state index is -0.953. The molecule has 8 nitrogen and oxygen atoms in total. The molecule has 2 bridgehead atoms. The van der Waals surface area contributed by atoms with Crippen LogP contribution in [-0.2, 0) is 19.1 Å². The van der Waals surface area contributed by atoms with E-state index in [-0.39, 0.29) is 48.3 Å². The number of aliphatic hydroxyl groups excluding tert-OH is 1. The first-order valence-corrected chi connectivity index (χ1v) is 11.2. The van der Waals surface area contributed by atoms with Gasteiger partial charge >= 0.3 is 5.97 Å². The number of carbonyl (C=O) groups excluding carboxylic acids is 2. The highest BCUT2D eigenvalue weighted by molar-refractivity contribution is 5.89. The van der Waals surface area contributed by atoms with E-state index < -0.39 is 18.6 Å². The highest BCUT2D eigenvalue weighted by atomic mass is 16.5. The molecule has 0 spiro atoms. The first-order chi connectivity index (χ1) is 14.5. The molecule has 2 aliphatic heterocycles. The summed E-state index contributed by atoms with van der Waals surface area (Å²) in [6.45, 7) is -0.439. The molecule has 0 aromatic heterocycles. The molecule has 8 heteroatoms. The van der Waals surface area contributed by atoms with Crippen molar-refractivity contribution in [2.75, 3.05) is 6.61 Å². The van der Waals surface area contributed by atoms with E-state index >= 15 is 0 Å². The number of aliphatic hydroxyl groups is 1. The molecule has 1 aliphatic carbocycles. The molecule has 0 radical (unpaired) electrons. The number of ether oxygens (including phenoxy) is 1. The van der Waals surface area contributed by atoms with Gasteiger partial charge in [0.25, 0.3) is 0 Å². The van der Waals surface area contributed by atoms with Gasteiger partial charge in [0.15, 0.2) is 0 Å². The van der Waals surface area contributed by atoms with Crippen LogP contribution < -0.4 is 10.6 Å². The smallest absolute Gasteiger partial charge is 0.303 e. The Morgan fingerprint density at radius 1 is 1.03 bits per heavy atom. The van der Waals surface area contributed by atoms with Crippen LogP contribution in [0.15, 0.2) is 12.2 Å². The third-order valence-electron chi connectivity index (χ3n) is 6.59. The van der Waals surface area contributed by atoms with Crippen molar-refractivity contribution in [2.24, 2.45) is 11.8 Å². The van der Waals surface area contributed by atoms with Gasteiger partial charge in [-0.15, -0.1) is 0 Å². The van der Waals surface area contributed by atoms with Gasteiger partial charge in [-0.2, -0.15) is 0 Å². The predicted molar refractivity (Wildman–Crippen MR) is 110 cm³/mol. The van der Waals surface area contributed by atoms with Crippen LogP contribution in [0.1, 0.15) is 64.2 Å². The van der Waals surface area contributed by atoms with Crippen molar-refractivity contribution in [1.29, 1.82) is 0 Å². The van der Waals surface area contributed by atoms with Crippen LogP contribution in [-0.4, -0.2) is 58.9 Å². The van der Waals surface area contributed by atoms with Gasteiger partial charge in [-0.05, 0) is 38.5 Å². The van der Waals surface area contributed by atoms with E-state index in [1.807, 2.05) is 12.2 Å². The number of allylic oxidation sites excluding steroid dienone is 2. The number of carboxylic acid groups (broad SMARTS) is 1. The number of rotatable bonds is 10. The largest absolute Gasteiger partial charge is 0.481 e. The van der Waals surface area contributed by atoms with Crippen molar-refractivity contribution in [1.82, 2.24) is 10.6 Å². The van der Waals surface area contributed by atoms with Gasteiger partial charge in [0, 0.05) is 18.4 Å². The molecule has 3 aliphatic rings. The number of hydrogen-bond donors (Lipinski definition) is 4. The second kappa shape index (κ2) is 10.9. The van der Waals surface area contributed by atoms with Crippen molar-refractivity contribution in [3.63, 3.8) is 0 Å². The van der Waals surface area contributed by atoms with Crippen molar-refractivity contribution < 1.29 is 29.3 Å². The topological polar surface area (TPSA) is 125 Å². The molecular weight excluding hydrogens is 388 g/mol. The van der Waals surface area contributed by atoms with Crippen molar-refractivity contribution >= 4 is 17.8 Å². The quantitative estimate of drug-likeness (QED) is 0.396. The summed E-state index contributed by atoms with van der Waals surface area (Å²) in [5.41, 5.74) is 0. The standard InChI is InChI=1S/C22H34N2O6/c25-13-16(21(28)23-14-7-3-1-4-8-14)24-22(29)20-15(17-11-12-18(20)30-17)9-5-2-6-10-19(26)27/h2,5,14-18,20,25H,1,3-4,6-13H2,(H,23,28)(H,24,29)(H,26,27)/b5-2-/t15-,16?,17-,18+,20-/m0/s1. The molecule has 0 aromatic rings. The zero-order chi connectivity index (χ0) is 21.5. The molecule has 2 heterocycles. The van der Waals surface area contributed by atoms with Gasteiger partial charge < -0.3 is 25.6 Å². The minimum Gasteiger partial charge on any atom is -0.481 e. The molecule has 4 N–H and O–H groups in total. The SMILES string of the molecule is O=C(O)CC/C=C\C[C@@H]1[C@H](C(=O)NC(CO)C(=O)NC2CCCCC2)[C@H]2CC[C@@H]1O2. The highest BCUT2D eigenvalue weighted by Gasteiger charge is 2.51. The van der Waals surface area contributed by atoms with Crippen LogP contribution in [0.2, 0.25) is 0 Å². The molecule has 1 unspecified atom stereocenters. The van der Waals surface area contributed by atoms with E-state index in [4.69, 9.17) is 9.84 Å². The monoisotopic (exact) mass is 422 g/mol. The number of carbonyl (C=O) groups is 3. The molecule has 2 saturated heterocycles. The Hall–Kier alpha value is -1.93. The molecule has 168 valence electrons. The number of fused-ring (bicyclic) bond motifs is 2. The minimum absolute atomic E-state index is 0.00516. The predicted octanol–water partition coefficient (Wildman–Crippen LogP) is 1.52. The van der Waals surface area contributed by atoms with Gasteiger partial charge in [0.05, 0.1) is 24.7 Å². The normalized spacial score (nSPS) is 29.8. The number of aliphatic carboxylic acids is 1. The molecule has 30 heavy (non-hydrogen) atoms. The van der Waals surface area contributed by atoms with Crippen LogP contribution in [0.4, 0.5) is 0 Å². The third kappa shape index (κ3) is 5.82. The Morgan fingerprint density at radius 2 is 1.77 bits per heavy atom. The molecule has 2 amide bonds. The summed E-state index contributed by atoms with van der Waals surface area (Å²) in [5.74, 6) is -1.76. The van der Waals surface area contributed by atoms with Gasteiger partial charge in [-0.3, -0.25) is 14.4 Å².